The average Bonchev–Trinajstić information content (AvgIpc) is 3.11. The van der Waals surface area contributed by atoms with Crippen molar-refractivity contribution in [1.29, 1.82) is 0 Å². The number of aryl methyl sites for hydroxylation is 1. The van der Waals surface area contributed by atoms with Gasteiger partial charge in [0, 0.05) is 13.0 Å². The number of carbonyl (C=O) groups is 4. The van der Waals surface area contributed by atoms with Crippen LogP contribution in [0.3, 0.4) is 0 Å². The molecule has 156 valence electrons. The van der Waals surface area contributed by atoms with E-state index >= 15 is 0 Å². The molecule has 0 aliphatic carbocycles. The van der Waals surface area contributed by atoms with E-state index in [0.29, 0.717) is 6.42 Å². The molecule has 1 N–H and O–H groups in total. The number of amides is 3. The van der Waals surface area contributed by atoms with E-state index in [0.717, 1.165) is 15.2 Å². The Morgan fingerprint density at radius 1 is 1.14 bits per heavy atom. The molecule has 0 aliphatic rings. The van der Waals surface area contributed by atoms with Gasteiger partial charge in [-0.05, 0) is 26.0 Å². The smallest absolute Gasteiger partial charge is 0.413 e. The minimum atomic E-state index is -0.873. The number of hydrogen-bond donors (Lipinski definition) is 1. The molecule has 29 heavy (non-hydrogen) atoms. The number of thiazole rings is 1. The Balaban J connectivity index is 1.74. The molecule has 3 amide bonds. The Hall–Kier alpha value is -3.01. The van der Waals surface area contributed by atoms with E-state index in [-0.39, 0.29) is 26.1 Å². The number of aromatic nitrogens is 1. The molecule has 0 aliphatic heterocycles. The number of imide groups is 1. The van der Waals surface area contributed by atoms with Crippen LogP contribution in [0.25, 0.3) is 10.2 Å². The van der Waals surface area contributed by atoms with Gasteiger partial charge in [0.05, 0.1) is 28.3 Å². The molecule has 0 spiro atoms. The lowest BCUT2D eigenvalue weighted by Gasteiger charge is -2.19. The molecule has 0 saturated carbocycles. The molecule has 0 saturated heterocycles. The number of alkyl carbamates (subject to hydrolysis) is 1. The fourth-order valence-corrected chi connectivity index (χ4v) is 3.38. The maximum Gasteiger partial charge on any atom is 0.413 e. The highest BCUT2D eigenvalue weighted by atomic mass is 32.1. The Kier molecular flexibility index (Phi) is 8.53. The minimum absolute atomic E-state index is 0.0998. The van der Waals surface area contributed by atoms with Gasteiger partial charge in [0.1, 0.15) is 6.54 Å². The summed E-state index contributed by atoms with van der Waals surface area (Å²) in [5, 5.41) is 2.83. The summed E-state index contributed by atoms with van der Waals surface area (Å²) in [6, 6.07) is 7.70. The van der Waals surface area contributed by atoms with Crippen molar-refractivity contribution in [2.45, 2.75) is 26.7 Å². The molecule has 2 rings (SSSR count). The van der Waals surface area contributed by atoms with Crippen LogP contribution in [-0.4, -0.2) is 60.1 Å². The van der Waals surface area contributed by atoms with E-state index in [1.54, 1.807) is 13.8 Å². The van der Waals surface area contributed by atoms with Crippen molar-refractivity contribution in [3.63, 3.8) is 0 Å². The molecule has 0 atom stereocenters. The van der Waals surface area contributed by atoms with Gasteiger partial charge in [-0.25, -0.2) is 9.78 Å². The van der Waals surface area contributed by atoms with Crippen molar-refractivity contribution >= 4 is 45.4 Å². The number of benzene rings is 1. The number of likely N-dealkylation sites (N-methyl/N-ethyl adjacent to an activating group) is 1. The van der Waals surface area contributed by atoms with E-state index < -0.39 is 30.5 Å². The summed E-state index contributed by atoms with van der Waals surface area (Å²) in [5.74, 6) is -1.73. The molecule has 0 bridgehead atoms. The first kappa shape index (κ1) is 22.3. The predicted molar refractivity (Wildman–Crippen MR) is 106 cm³/mol. The molecule has 9 nitrogen and oxygen atoms in total. The lowest BCUT2D eigenvalue weighted by molar-refractivity contribution is -0.152. The molecule has 2 aromatic rings. The van der Waals surface area contributed by atoms with Crippen LogP contribution in [-0.2, 0) is 30.3 Å². The van der Waals surface area contributed by atoms with Gasteiger partial charge in [-0.15, -0.1) is 11.3 Å². The van der Waals surface area contributed by atoms with Crippen LogP contribution in [0.15, 0.2) is 24.3 Å². The Morgan fingerprint density at radius 3 is 2.59 bits per heavy atom. The largest absolute Gasteiger partial charge is 0.456 e. The lowest BCUT2D eigenvalue weighted by atomic mass is 10.3. The van der Waals surface area contributed by atoms with Gasteiger partial charge in [-0.2, -0.15) is 0 Å². The Bertz CT molecular complexity index is 849. The monoisotopic (exact) mass is 421 g/mol. The zero-order chi connectivity index (χ0) is 21.2. The minimum Gasteiger partial charge on any atom is -0.456 e. The fourth-order valence-electron chi connectivity index (χ4n) is 2.41. The van der Waals surface area contributed by atoms with Gasteiger partial charge in [0.2, 0.25) is 5.91 Å². The van der Waals surface area contributed by atoms with Crippen molar-refractivity contribution in [2.24, 2.45) is 0 Å². The van der Waals surface area contributed by atoms with Crippen LogP contribution in [0, 0.1) is 0 Å². The average molecular weight is 421 g/mol. The highest BCUT2D eigenvalue weighted by Gasteiger charge is 2.19. The number of hydrogen-bond acceptors (Lipinski definition) is 8. The standard InChI is InChI=1S/C19H23N3O6S/c1-3-22(11-15(23)21-19(26)27-4-2)17(24)12-28-18(25)10-9-16-20-13-7-5-6-8-14(13)29-16/h5-8H,3-4,9-12H2,1-2H3,(H,21,23,26). The van der Waals surface area contributed by atoms with Gasteiger partial charge in [0.15, 0.2) is 6.61 Å². The predicted octanol–water partition coefficient (Wildman–Crippen LogP) is 1.89. The van der Waals surface area contributed by atoms with Crippen molar-refractivity contribution in [3.8, 4) is 0 Å². The maximum atomic E-state index is 12.2. The van der Waals surface area contributed by atoms with Crippen LogP contribution in [0.1, 0.15) is 25.3 Å². The van der Waals surface area contributed by atoms with Crippen LogP contribution >= 0.6 is 11.3 Å². The Labute approximate surface area is 172 Å². The van der Waals surface area contributed by atoms with Crippen molar-refractivity contribution in [1.82, 2.24) is 15.2 Å². The highest BCUT2D eigenvalue weighted by molar-refractivity contribution is 7.18. The first-order valence-corrected chi connectivity index (χ1v) is 9.99. The molecule has 1 heterocycles. The maximum absolute atomic E-state index is 12.2. The SMILES string of the molecule is CCOC(=O)NC(=O)CN(CC)C(=O)COC(=O)CCc1nc2ccccc2s1. The van der Waals surface area contributed by atoms with E-state index in [1.165, 1.54) is 16.2 Å². The summed E-state index contributed by atoms with van der Waals surface area (Å²) >= 11 is 1.51. The van der Waals surface area contributed by atoms with Gasteiger partial charge in [-0.3, -0.25) is 19.7 Å². The molecule has 0 unspecified atom stereocenters. The van der Waals surface area contributed by atoms with Crippen LogP contribution in [0.5, 0.6) is 0 Å². The normalized spacial score (nSPS) is 10.4. The topological polar surface area (TPSA) is 115 Å². The van der Waals surface area contributed by atoms with Crippen molar-refractivity contribution < 1.29 is 28.7 Å². The third kappa shape index (κ3) is 7.15. The number of esters is 1. The summed E-state index contributed by atoms with van der Waals surface area (Å²) in [6.45, 7) is 2.82. The van der Waals surface area contributed by atoms with Crippen LogP contribution in [0.2, 0.25) is 0 Å². The summed E-state index contributed by atoms with van der Waals surface area (Å²) in [7, 11) is 0. The van der Waals surface area contributed by atoms with Gasteiger partial charge in [-0.1, -0.05) is 12.1 Å². The first-order valence-electron chi connectivity index (χ1n) is 9.17. The number of fused-ring (bicyclic) bond motifs is 1. The summed E-state index contributed by atoms with van der Waals surface area (Å²) < 4.78 is 10.7. The molecule has 1 aromatic carbocycles. The lowest BCUT2D eigenvalue weighted by Crippen LogP contribution is -2.44. The number of ether oxygens (including phenoxy) is 2. The molecular formula is C19H23N3O6S. The van der Waals surface area contributed by atoms with Crippen LogP contribution in [0.4, 0.5) is 4.79 Å². The Morgan fingerprint density at radius 2 is 1.90 bits per heavy atom. The van der Waals surface area contributed by atoms with Gasteiger partial charge in [0.25, 0.3) is 5.91 Å². The molecule has 0 radical (unpaired) electrons. The zero-order valence-corrected chi connectivity index (χ0v) is 17.1. The summed E-state index contributed by atoms with van der Waals surface area (Å²) in [4.78, 5) is 52.7. The second kappa shape index (κ2) is 11.1. The number of carbonyl (C=O) groups excluding carboxylic acids is 4. The van der Waals surface area contributed by atoms with E-state index in [4.69, 9.17) is 4.74 Å². The van der Waals surface area contributed by atoms with E-state index in [9.17, 15) is 19.2 Å². The second-order valence-electron chi connectivity index (χ2n) is 5.91. The van der Waals surface area contributed by atoms with E-state index in [2.05, 4.69) is 9.72 Å². The fraction of sp³-hybridized carbons (Fsp3) is 0.421. The van der Waals surface area contributed by atoms with Crippen molar-refractivity contribution in [2.75, 3.05) is 26.3 Å². The number of rotatable bonds is 9. The van der Waals surface area contributed by atoms with Gasteiger partial charge >= 0.3 is 12.1 Å². The van der Waals surface area contributed by atoms with E-state index in [1.807, 2.05) is 29.6 Å². The summed E-state index contributed by atoms with van der Waals surface area (Å²) in [5.41, 5.74) is 0.885. The summed E-state index contributed by atoms with van der Waals surface area (Å²) in [6.07, 6.45) is -0.351. The molecule has 1 aromatic heterocycles. The van der Waals surface area contributed by atoms with Gasteiger partial charge < -0.3 is 14.4 Å². The highest BCUT2D eigenvalue weighted by Crippen LogP contribution is 2.22. The molecule has 10 heteroatoms. The number of nitrogens with one attached hydrogen (secondary N) is 1. The second-order valence-corrected chi connectivity index (χ2v) is 7.03. The number of nitrogens with zero attached hydrogens (tertiary/aromatic N) is 2. The van der Waals surface area contributed by atoms with Crippen LogP contribution < -0.4 is 5.32 Å². The molecular weight excluding hydrogens is 398 g/mol. The third-order valence-corrected chi connectivity index (χ3v) is 4.92. The molecule has 0 fully saturated rings. The third-order valence-electron chi connectivity index (χ3n) is 3.82. The first-order chi connectivity index (χ1) is 13.9. The zero-order valence-electron chi connectivity index (χ0n) is 16.3. The quantitative estimate of drug-likeness (QED) is 0.615. The van der Waals surface area contributed by atoms with Crippen molar-refractivity contribution in [3.05, 3.63) is 29.3 Å². The number of para-hydroxylation sites is 1.